The van der Waals surface area contributed by atoms with E-state index in [1.54, 1.807) is 12.3 Å². The van der Waals surface area contributed by atoms with E-state index in [1.165, 1.54) is 24.0 Å². The fourth-order valence-corrected chi connectivity index (χ4v) is 2.15. The Morgan fingerprint density at radius 3 is 2.76 bits per heavy atom. The molecule has 0 spiro atoms. The molecular formula is C11H7BrN2O2S. The maximum Gasteiger partial charge on any atom is 0.354 e. The predicted molar refractivity (Wildman–Crippen MR) is 67.3 cm³/mol. The number of hydrogen-bond acceptors (Lipinski definition) is 4. The van der Waals surface area contributed by atoms with Crippen LogP contribution in [0.25, 0.3) is 0 Å². The van der Waals surface area contributed by atoms with Crippen LogP contribution in [0.2, 0.25) is 0 Å². The monoisotopic (exact) mass is 310 g/mol. The molecule has 0 amide bonds. The van der Waals surface area contributed by atoms with Crippen molar-refractivity contribution in [3.8, 4) is 0 Å². The molecule has 86 valence electrons. The summed E-state index contributed by atoms with van der Waals surface area (Å²) in [6.45, 7) is 0. The van der Waals surface area contributed by atoms with Crippen molar-refractivity contribution in [2.24, 2.45) is 0 Å². The summed E-state index contributed by atoms with van der Waals surface area (Å²) >= 11 is 4.69. The SMILES string of the molecule is O=C(O)c1cc(Sc2ccc(Br)cn2)ccn1. The Morgan fingerprint density at radius 1 is 1.29 bits per heavy atom. The van der Waals surface area contributed by atoms with Crippen molar-refractivity contribution in [2.45, 2.75) is 9.92 Å². The zero-order valence-corrected chi connectivity index (χ0v) is 10.9. The van der Waals surface area contributed by atoms with E-state index in [0.29, 0.717) is 0 Å². The van der Waals surface area contributed by atoms with E-state index in [2.05, 4.69) is 25.9 Å². The molecule has 2 heterocycles. The second-order valence-corrected chi connectivity index (χ2v) is 5.11. The molecule has 0 aliphatic heterocycles. The van der Waals surface area contributed by atoms with E-state index < -0.39 is 5.97 Å². The second-order valence-electron chi connectivity index (χ2n) is 3.10. The molecule has 2 aromatic heterocycles. The van der Waals surface area contributed by atoms with E-state index >= 15 is 0 Å². The van der Waals surface area contributed by atoms with Crippen LogP contribution in [0, 0.1) is 0 Å². The number of carbonyl (C=O) groups is 1. The minimum atomic E-state index is -1.03. The number of carboxylic acid groups (broad SMARTS) is 1. The molecule has 0 aliphatic carbocycles. The predicted octanol–water partition coefficient (Wildman–Crippen LogP) is 3.09. The summed E-state index contributed by atoms with van der Waals surface area (Å²) in [5.41, 5.74) is 0.0344. The Labute approximate surface area is 110 Å². The van der Waals surface area contributed by atoms with Gasteiger partial charge in [-0.25, -0.2) is 14.8 Å². The first-order valence-corrected chi connectivity index (χ1v) is 6.25. The van der Waals surface area contributed by atoms with Crippen LogP contribution in [0.5, 0.6) is 0 Å². The summed E-state index contributed by atoms with van der Waals surface area (Å²) in [5, 5.41) is 9.62. The van der Waals surface area contributed by atoms with Crippen molar-refractivity contribution in [1.29, 1.82) is 0 Å². The molecule has 0 fully saturated rings. The van der Waals surface area contributed by atoms with Gasteiger partial charge in [0.25, 0.3) is 0 Å². The van der Waals surface area contributed by atoms with Crippen LogP contribution in [-0.2, 0) is 0 Å². The van der Waals surface area contributed by atoms with Gasteiger partial charge in [0.1, 0.15) is 10.7 Å². The number of hydrogen-bond donors (Lipinski definition) is 1. The number of pyridine rings is 2. The molecule has 6 heteroatoms. The number of rotatable bonds is 3. The van der Waals surface area contributed by atoms with Crippen molar-refractivity contribution in [3.63, 3.8) is 0 Å². The smallest absolute Gasteiger partial charge is 0.354 e. The lowest BCUT2D eigenvalue weighted by Crippen LogP contribution is -1.99. The Hall–Kier alpha value is -1.40. The van der Waals surface area contributed by atoms with Crippen LogP contribution < -0.4 is 0 Å². The van der Waals surface area contributed by atoms with E-state index in [4.69, 9.17) is 5.11 Å². The summed E-state index contributed by atoms with van der Waals surface area (Å²) in [7, 11) is 0. The quantitative estimate of drug-likeness (QED) is 0.944. The summed E-state index contributed by atoms with van der Waals surface area (Å²) in [6.07, 6.45) is 3.17. The molecule has 0 aliphatic rings. The van der Waals surface area contributed by atoms with Gasteiger partial charge >= 0.3 is 5.97 Å². The summed E-state index contributed by atoms with van der Waals surface area (Å²) < 4.78 is 0.905. The lowest BCUT2D eigenvalue weighted by atomic mass is 10.3. The van der Waals surface area contributed by atoms with Gasteiger partial charge in [0.05, 0.1) is 0 Å². The zero-order valence-electron chi connectivity index (χ0n) is 8.50. The average molecular weight is 311 g/mol. The van der Waals surface area contributed by atoms with Crippen molar-refractivity contribution in [3.05, 3.63) is 46.8 Å². The number of aromatic nitrogens is 2. The molecule has 0 radical (unpaired) electrons. The number of carboxylic acids is 1. The zero-order chi connectivity index (χ0) is 12.3. The fourth-order valence-electron chi connectivity index (χ4n) is 1.13. The van der Waals surface area contributed by atoms with Gasteiger partial charge in [-0.2, -0.15) is 0 Å². The highest BCUT2D eigenvalue weighted by atomic mass is 79.9. The molecule has 0 saturated heterocycles. The highest BCUT2D eigenvalue weighted by Gasteiger charge is 2.06. The lowest BCUT2D eigenvalue weighted by Gasteiger charge is -2.01. The summed E-state index contributed by atoms with van der Waals surface area (Å²) in [4.78, 5) is 19.5. The first-order chi connectivity index (χ1) is 8.15. The van der Waals surface area contributed by atoms with Crippen LogP contribution in [0.15, 0.2) is 51.1 Å². The van der Waals surface area contributed by atoms with Gasteiger partial charge in [-0.15, -0.1) is 0 Å². The van der Waals surface area contributed by atoms with Crippen LogP contribution in [0.1, 0.15) is 10.5 Å². The van der Waals surface area contributed by atoms with Crippen molar-refractivity contribution in [2.75, 3.05) is 0 Å². The van der Waals surface area contributed by atoms with Crippen LogP contribution in [0.3, 0.4) is 0 Å². The molecular weight excluding hydrogens is 304 g/mol. The summed E-state index contributed by atoms with van der Waals surface area (Å²) in [6, 6.07) is 7.02. The molecule has 0 unspecified atom stereocenters. The molecule has 2 aromatic rings. The molecule has 2 rings (SSSR count). The van der Waals surface area contributed by atoms with Gasteiger partial charge < -0.3 is 5.11 Å². The lowest BCUT2D eigenvalue weighted by molar-refractivity contribution is 0.0690. The van der Waals surface area contributed by atoms with Crippen molar-refractivity contribution < 1.29 is 9.90 Å². The summed E-state index contributed by atoms with van der Waals surface area (Å²) in [5.74, 6) is -1.03. The minimum Gasteiger partial charge on any atom is -0.477 e. The van der Waals surface area contributed by atoms with E-state index in [0.717, 1.165) is 14.4 Å². The molecule has 0 saturated carbocycles. The van der Waals surface area contributed by atoms with E-state index in [1.807, 2.05) is 12.1 Å². The normalized spacial score (nSPS) is 10.2. The van der Waals surface area contributed by atoms with Crippen LogP contribution >= 0.6 is 27.7 Å². The Balaban J connectivity index is 2.21. The van der Waals surface area contributed by atoms with Crippen molar-refractivity contribution in [1.82, 2.24) is 9.97 Å². The second kappa shape index (κ2) is 5.29. The average Bonchev–Trinajstić information content (AvgIpc) is 2.32. The third-order valence-corrected chi connectivity index (χ3v) is 3.28. The van der Waals surface area contributed by atoms with Gasteiger partial charge in [0, 0.05) is 21.8 Å². The molecule has 17 heavy (non-hydrogen) atoms. The standard InChI is InChI=1S/C11H7BrN2O2S/c12-7-1-2-10(14-6-7)17-8-3-4-13-9(5-8)11(15)16/h1-6H,(H,15,16). The number of aromatic carboxylic acids is 1. The van der Waals surface area contributed by atoms with Crippen LogP contribution in [0.4, 0.5) is 0 Å². The maximum atomic E-state index is 10.8. The third kappa shape index (κ3) is 3.28. The molecule has 0 bridgehead atoms. The van der Waals surface area contributed by atoms with Crippen LogP contribution in [-0.4, -0.2) is 21.0 Å². The Morgan fingerprint density at radius 2 is 2.12 bits per heavy atom. The van der Waals surface area contributed by atoms with Gasteiger partial charge in [0.2, 0.25) is 0 Å². The Kier molecular flexibility index (Phi) is 3.75. The first kappa shape index (κ1) is 12.1. The first-order valence-electron chi connectivity index (χ1n) is 4.64. The third-order valence-electron chi connectivity index (χ3n) is 1.87. The van der Waals surface area contributed by atoms with E-state index in [9.17, 15) is 4.79 Å². The largest absolute Gasteiger partial charge is 0.477 e. The molecule has 4 nitrogen and oxygen atoms in total. The van der Waals surface area contributed by atoms with Gasteiger partial charge in [-0.05, 0) is 40.2 Å². The maximum absolute atomic E-state index is 10.8. The number of nitrogens with zero attached hydrogens (tertiary/aromatic N) is 2. The minimum absolute atomic E-state index is 0.0344. The van der Waals surface area contributed by atoms with Gasteiger partial charge in [0.15, 0.2) is 0 Å². The highest BCUT2D eigenvalue weighted by Crippen LogP contribution is 2.26. The van der Waals surface area contributed by atoms with E-state index in [-0.39, 0.29) is 5.69 Å². The topological polar surface area (TPSA) is 63.1 Å². The molecule has 1 N–H and O–H groups in total. The Bertz CT molecular complexity index is 545. The molecule has 0 atom stereocenters. The van der Waals surface area contributed by atoms with Crippen molar-refractivity contribution >= 4 is 33.7 Å². The van der Waals surface area contributed by atoms with Gasteiger partial charge in [-0.1, -0.05) is 11.8 Å². The fraction of sp³-hybridized carbons (Fsp3) is 0. The van der Waals surface area contributed by atoms with Gasteiger partial charge in [-0.3, -0.25) is 0 Å². The molecule has 0 aromatic carbocycles. The highest BCUT2D eigenvalue weighted by molar-refractivity contribution is 9.10. The number of halogens is 1.